The summed E-state index contributed by atoms with van der Waals surface area (Å²) in [7, 11) is 0. The summed E-state index contributed by atoms with van der Waals surface area (Å²) in [5.74, 6) is 0.303. The molecule has 0 spiro atoms. The average Bonchev–Trinajstić information content (AvgIpc) is 2.84. The van der Waals surface area contributed by atoms with Crippen molar-refractivity contribution in [2.75, 3.05) is 6.61 Å². The quantitative estimate of drug-likeness (QED) is 0.854. The maximum absolute atomic E-state index is 11.4. The summed E-state index contributed by atoms with van der Waals surface area (Å²) in [5, 5.41) is 9.38. The molecule has 104 valence electrons. The molecule has 1 aliphatic rings. The van der Waals surface area contributed by atoms with Crippen molar-refractivity contribution in [3.05, 3.63) is 29.3 Å². The number of hydrogen-bond donors (Lipinski definition) is 1. The van der Waals surface area contributed by atoms with Crippen LogP contribution < -0.4 is 4.74 Å². The predicted octanol–water partition coefficient (Wildman–Crippen LogP) is 3.45. The van der Waals surface area contributed by atoms with Crippen LogP contribution in [-0.4, -0.2) is 17.7 Å². The van der Waals surface area contributed by atoms with E-state index in [1.54, 1.807) is 0 Å². The van der Waals surface area contributed by atoms with E-state index in [2.05, 4.69) is 12.1 Å². The van der Waals surface area contributed by atoms with E-state index in [4.69, 9.17) is 4.74 Å². The highest BCUT2D eigenvalue weighted by atomic mass is 16.5. The molecule has 2 rings (SSSR count). The fraction of sp³-hybridized carbons (Fsp3) is 0.562. The Hall–Kier alpha value is -1.51. The van der Waals surface area contributed by atoms with Gasteiger partial charge in [0.1, 0.15) is 5.75 Å². The van der Waals surface area contributed by atoms with Crippen LogP contribution in [0.1, 0.15) is 44.2 Å². The topological polar surface area (TPSA) is 46.5 Å². The van der Waals surface area contributed by atoms with E-state index in [0.717, 1.165) is 38.0 Å². The second kappa shape index (κ2) is 5.64. The molecule has 0 bridgehead atoms. The smallest absolute Gasteiger partial charge is 0.309 e. The highest BCUT2D eigenvalue weighted by molar-refractivity contribution is 5.74. The molecular formula is C16H22O3. The van der Waals surface area contributed by atoms with Gasteiger partial charge in [-0.1, -0.05) is 25.5 Å². The number of carboxylic acid groups (broad SMARTS) is 1. The Balaban J connectivity index is 2.03. The summed E-state index contributed by atoms with van der Waals surface area (Å²) >= 11 is 0. The molecule has 19 heavy (non-hydrogen) atoms. The SMILES string of the molecule is CCCC(C)(CCc1ccc2c(c1)CCO2)C(=O)O. The molecule has 0 radical (unpaired) electrons. The zero-order valence-electron chi connectivity index (χ0n) is 11.7. The largest absolute Gasteiger partial charge is 0.493 e. The molecule has 0 saturated heterocycles. The Kier molecular flexibility index (Phi) is 4.13. The fourth-order valence-corrected chi connectivity index (χ4v) is 2.71. The Morgan fingerprint density at radius 3 is 2.89 bits per heavy atom. The third kappa shape index (κ3) is 3.09. The van der Waals surface area contributed by atoms with Gasteiger partial charge in [0.05, 0.1) is 12.0 Å². The Morgan fingerprint density at radius 1 is 1.42 bits per heavy atom. The third-order valence-corrected chi connectivity index (χ3v) is 4.04. The predicted molar refractivity (Wildman–Crippen MR) is 74.6 cm³/mol. The molecular weight excluding hydrogens is 240 g/mol. The molecule has 0 saturated carbocycles. The summed E-state index contributed by atoms with van der Waals surface area (Å²) in [5.41, 5.74) is 1.86. The number of benzene rings is 1. The first-order valence-electron chi connectivity index (χ1n) is 7.03. The van der Waals surface area contributed by atoms with Gasteiger partial charge in [0.2, 0.25) is 0 Å². The number of ether oxygens (including phenoxy) is 1. The molecule has 3 nitrogen and oxygen atoms in total. The van der Waals surface area contributed by atoms with E-state index in [1.807, 2.05) is 19.9 Å². The lowest BCUT2D eigenvalue weighted by Gasteiger charge is -2.24. The summed E-state index contributed by atoms with van der Waals surface area (Å²) < 4.78 is 5.48. The van der Waals surface area contributed by atoms with Gasteiger partial charge >= 0.3 is 5.97 Å². The van der Waals surface area contributed by atoms with Gasteiger partial charge < -0.3 is 9.84 Å². The minimum atomic E-state index is -0.682. The number of aliphatic carboxylic acids is 1. The van der Waals surface area contributed by atoms with Gasteiger partial charge in [-0.3, -0.25) is 4.79 Å². The first kappa shape index (κ1) is 13.9. The molecule has 0 amide bonds. The van der Waals surface area contributed by atoms with Crippen LogP contribution in [0.5, 0.6) is 5.75 Å². The number of hydrogen-bond acceptors (Lipinski definition) is 2. The first-order chi connectivity index (χ1) is 9.05. The molecule has 0 aliphatic carbocycles. The minimum absolute atomic E-state index is 0.607. The number of rotatable bonds is 6. The lowest BCUT2D eigenvalue weighted by molar-refractivity contribution is -0.148. The first-order valence-corrected chi connectivity index (χ1v) is 7.03. The second-order valence-corrected chi connectivity index (χ2v) is 5.66. The molecule has 1 unspecified atom stereocenters. The van der Waals surface area contributed by atoms with Crippen molar-refractivity contribution in [1.82, 2.24) is 0 Å². The van der Waals surface area contributed by atoms with Crippen molar-refractivity contribution in [2.45, 2.75) is 46.0 Å². The normalized spacial score (nSPS) is 16.5. The maximum atomic E-state index is 11.4. The van der Waals surface area contributed by atoms with Crippen LogP contribution in [0.2, 0.25) is 0 Å². The molecule has 1 atom stereocenters. The van der Waals surface area contributed by atoms with E-state index >= 15 is 0 Å². The van der Waals surface area contributed by atoms with Gasteiger partial charge in [-0.15, -0.1) is 0 Å². The second-order valence-electron chi connectivity index (χ2n) is 5.66. The molecule has 0 fully saturated rings. The van der Waals surface area contributed by atoms with Crippen LogP contribution in [0, 0.1) is 5.41 Å². The fourth-order valence-electron chi connectivity index (χ4n) is 2.71. The Bertz CT molecular complexity index is 467. The van der Waals surface area contributed by atoms with Crippen LogP contribution in [0.15, 0.2) is 18.2 Å². The molecule has 1 aromatic carbocycles. The van der Waals surface area contributed by atoms with Gasteiger partial charge in [-0.2, -0.15) is 0 Å². The van der Waals surface area contributed by atoms with Gasteiger partial charge in [0.15, 0.2) is 0 Å². The molecule has 1 aliphatic heterocycles. The van der Waals surface area contributed by atoms with Gasteiger partial charge in [-0.05, 0) is 43.4 Å². The lowest BCUT2D eigenvalue weighted by atomic mass is 9.80. The van der Waals surface area contributed by atoms with E-state index in [0.29, 0.717) is 6.42 Å². The summed E-state index contributed by atoms with van der Waals surface area (Å²) in [4.78, 5) is 11.4. The van der Waals surface area contributed by atoms with Gasteiger partial charge in [0, 0.05) is 6.42 Å². The van der Waals surface area contributed by atoms with E-state index in [1.165, 1.54) is 11.1 Å². The number of carbonyl (C=O) groups is 1. The van der Waals surface area contributed by atoms with Crippen molar-refractivity contribution in [3.8, 4) is 5.75 Å². The standard InChI is InChI=1S/C16H22O3/c1-3-8-16(2,15(17)18)9-6-12-4-5-14-13(11-12)7-10-19-14/h4-5,11H,3,6-10H2,1-2H3,(H,17,18). The van der Waals surface area contributed by atoms with E-state index in [-0.39, 0.29) is 0 Å². The van der Waals surface area contributed by atoms with Gasteiger partial charge in [0.25, 0.3) is 0 Å². The highest BCUT2D eigenvalue weighted by Crippen LogP contribution is 2.31. The monoisotopic (exact) mass is 262 g/mol. The summed E-state index contributed by atoms with van der Waals surface area (Å²) in [6.45, 7) is 4.66. The number of aryl methyl sites for hydroxylation is 1. The third-order valence-electron chi connectivity index (χ3n) is 4.04. The highest BCUT2D eigenvalue weighted by Gasteiger charge is 2.31. The van der Waals surface area contributed by atoms with Crippen molar-refractivity contribution < 1.29 is 14.6 Å². The van der Waals surface area contributed by atoms with Gasteiger partial charge in [-0.25, -0.2) is 0 Å². The van der Waals surface area contributed by atoms with E-state index < -0.39 is 11.4 Å². The number of carboxylic acids is 1. The van der Waals surface area contributed by atoms with E-state index in [9.17, 15) is 9.90 Å². The molecule has 3 heteroatoms. The van der Waals surface area contributed by atoms with Crippen LogP contribution in [0.25, 0.3) is 0 Å². The van der Waals surface area contributed by atoms with Crippen LogP contribution >= 0.6 is 0 Å². The van der Waals surface area contributed by atoms with Crippen molar-refractivity contribution >= 4 is 5.97 Å². The Morgan fingerprint density at radius 2 is 2.21 bits per heavy atom. The van der Waals surface area contributed by atoms with Crippen molar-refractivity contribution in [2.24, 2.45) is 5.41 Å². The maximum Gasteiger partial charge on any atom is 0.309 e. The summed E-state index contributed by atoms with van der Waals surface area (Å²) in [6, 6.07) is 6.23. The average molecular weight is 262 g/mol. The van der Waals surface area contributed by atoms with Crippen LogP contribution in [0.3, 0.4) is 0 Å². The molecule has 1 N–H and O–H groups in total. The van der Waals surface area contributed by atoms with Crippen molar-refractivity contribution in [3.63, 3.8) is 0 Å². The van der Waals surface area contributed by atoms with Crippen LogP contribution in [-0.2, 0) is 17.6 Å². The molecule has 1 aromatic rings. The number of fused-ring (bicyclic) bond motifs is 1. The minimum Gasteiger partial charge on any atom is -0.493 e. The molecule has 1 heterocycles. The molecule has 0 aromatic heterocycles. The lowest BCUT2D eigenvalue weighted by Crippen LogP contribution is -2.28. The summed E-state index contributed by atoms with van der Waals surface area (Å²) in [6.07, 6.45) is 4.11. The Labute approximate surface area is 114 Å². The zero-order chi connectivity index (χ0) is 13.9. The zero-order valence-corrected chi connectivity index (χ0v) is 11.7. The van der Waals surface area contributed by atoms with Crippen LogP contribution in [0.4, 0.5) is 0 Å². The van der Waals surface area contributed by atoms with Crippen molar-refractivity contribution in [1.29, 1.82) is 0 Å².